The Morgan fingerprint density at radius 1 is 1.53 bits per heavy atom. The molecular weight excluding hydrogens is 304 g/mol. The van der Waals surface area contributed by atoms with Gasteiger partial charge in [0.15, 0.2) is 0 Å². The van der Waals surface area contributed by atoms with E-state index in [1.54, 1.807) is 0 Å². The van der Waals surface area contributed by atoms with Crippen LogP contribution in [0.2, 0.25) is 0 Å². The van der Waals surface area contributed by atoms with E-state index in [-0.39, 0.29) is 5.91 Å². The van der Waals surface area contributed by atoms with Crippen LogP contribution >= 0.6 is 15.9 Å². The monoisotopic (exact) mass is 324 g/mol. The summed E-state index contributed by atoms with van der Waals surface area (Å²) in [4.78, 5) is 14.4. The molecule has 3 nitrogen and oxygen atoms in total. The predicted molar refractivity (Wildman–Crippen MR) is 81.1 cm³/mol. The van der Waals surface area contributed by atoms with Gasteiger partial charge in [0.1, 0.15) is 0 Å². The SMILES string of the molecule is Cc1ccc(C(=O)N2CCC(C)C(CN)C2)cc1Br. The molecule has 2 N–H and O–H groups in total. The second kappa shape index (κ2) is 6.06. The average molecular weight is 325 g/mol. The van der Waals surface area contributed by atoms with Crippen LogP contribution in [0.3, 0.4) is 0 Å². The number of piperidine rings is 1. The van der Waals surface area contributed by atoms with Crippen molar-refractivity contribution < 1.29 is 4.79 Å². The minimum atomic E-state index is 0.117. The third kappa shape index (κ3) is 3.18. The quantitative estimate of drug-likeness (QED) is 0.909. The zero-order valence-corrected chi connectivity index (χ0v) is 13.1. The molecule has 2 atom stereocenters. The Kier molecular flexibility index (Phi) is 4.63. The van der Waals surface area contributed by atoms with Crippen molar-refractivity contribution in [2.24, 2.45) is 17.6 Å². The third-order valence-corrected chi connectivity index (χ3v) is 4.98. The molecule has 1 aliphatic rings. The number of carbonyl (C=O) groups is 1. The first-order valence-electron chi connectivity index (χ1n) is 6.78. The Balaban J connectivity index is 2.13. The molecule has 1 saturated heterocycles. The molecule has 0 aromatic heterocycles. The van der Waals surface area contributed by atoms with Crippen molar-refractivity contribution in [3.05, 3.63) is 33.8 Å². The van der Waals surface area contributed by atoms with Crippen LogP contribution in [0.5, 0.6) is 0 Å². The lowest BCUT2D eigenvalue weighted by molar-refractivity contribution is 0.0618. The van der Waals surface area contributed by atoms with Crippen LogP contribution in [-0.4, -0.2) is 30.4 Å². The van der Waals surface area contributed by atoms with Gasteiger partial charge in [-0.1, -0.05) is 28.9 Å². The molecule has 104 valence electrons. The molecule has 0 bridgehead atoms. The lowest BCUT2D eigenvalue weighted by Crippen LogP contribution is -2.45. The minimum Gasteiger partial charge on any atom is -0.338 e. The van der Waals surface area contributed by atoms with Gasteiger partial charge in [-0.25, -0.2) is 0 Å². The molecule has 19 heavy (non-hydrogen) atoms. The molecule has 4 heteroatoms. The Morgan fingerprint density at radius 3 is 2.89 bits per heavy atom. The largest absolute Gasteiger partial charge is 0.338 e. The van der Waals surface area contributed by atoms with Crippen LogP contribution in [0.4, 0.5) is 0 Å². The summed E-state index contributed by atoms with van der Waals surface area (Å²) in [5, 5.41) is 0. The van der Waals surface area contributed by atoms with Crippen LogP contribution in [-0.2, 0) is 0 Å². The second-order valence-electron chi connectivity index (χ2n) is 5.48. The third-order valence-electron chi connectivity index (χ3n) is 4.12. The van der Waals surface area contributed by atoms with E-state index in [2.05, 4.69) is 22.9 Å². The van der Waals surface area contributed by atoms with Crippen LogP contribution in [0.1, 0.15) is 29.3 Å². The summed E-state index contributed by atoms with van der Waals surface area (Å²) in [6, 6.07) is 5.79. The fourth-order valence-corrected chi connectivity index (χ4v) is 2.93. The second-order valence-corrected chi connectivity index (χ2v) is 6.33. The normalized spacial score (nSPS) is 23.5. The van der Waals surface area contributed by atoms with Gasteiger partial charge < -0.3 is 10.6 Å². The van der Waals surface area contributed by atoms with Crippen molar-refractivity contribution in [3.63, 3.8) is 0 Å². The molecule has 1 aliphatic heterocycles. The van der Waals surface area contributed by atoms with Crippen LogP contribution in [0.15, 0.2) is 22.7 Å². The Morgan fingerprint density at radius 2 is 2.26 bits per heavy atom. The van der Waals surface area contributed by atoms with Crippen molar-refractivity contribution in [1.82, 2.24) is 4.90 Å². The molecule has 1 aromatic rings. The fraction of sp³-hybridized carbons (Fsp3) is 0.533. The summed E-state index contributed by atoms with van der Waals surface area (Å²) in [6.45, 7) is 6.51. The average Bonchev–Trinajstić information content (AvgIpc) is 2.41. The number of halogens is 1. The van der Waals surface area contributed by atoms with Gasteiger partial charge in [-0.05, 0) is 49.4 Å². The van der Waals surface area contributed by atoms with E-state index in [9.17, 15) is 4.79 Å². The number of carbonyl (C=O) groups excluding carboxylic acids is 1. The Labute approximate surface area is 123 Å². The lowest BCUT2D eigenvalue weighted by Gasteiger charge is -2.36. The molecule has 2 unspecified atom stereocenters. The maximum Gasteiger partial charge on any atom is 0.253 e. The highest BCUT2D eigenvalue weighted by Gasteiger charge is 2.28. The first kappa shape index (κ1) is 14.5. The summed E-state index contributed by atoms with van der Waals surface area (Å²) in [5.41, 5.74) is 7.69. The van der Waals surface area contributed by atoms with Crippen molar-refractivity contribution in [2.75, 3.05) is 19.6 Å². The van der Waals surface area contributed by atoms with E-state index >= 15 is 0 Å². The molecule has 1 amide bonds. The topological polar surface area (TPSA) is 46.3 Å². The molecular formula is C15H21BrN2O. The van der Waals surface area contributed by atoms with Crippen molar-refractivity contribution in [3.8, 4) is 0 Å². The predicted octanol–water partition coefficient (Wildman–Crippen LogP) is 2.81. The van der Waals surface area contributed by atoms with Gasteiger partial charge in [0.05, 0.1) is 0 Å². The fourth-order valence-electron chi connectivity index (χ4n) is 2.55. The summed E-state index contributed by atoms with van der Waals surface area (Å²) >= 11 is 3.48. The molecule has 0 spiro atoms. The van der Waals surface area contributed by atoms with Gasteiger partial charge in [-0.15, -0.1) is 0 Å². The minimum absolute atomic E-state index is 0.117. The summed E-state index contributed by atoms with van der Waals surface area (Å²) < 4.78 is 0.985. The van der Waals surface area contributed by atoms with E-state index in [1.807, 2.05) is 30.0 Å². The van der Waals surface area contributed by atoms with Crippen molar-refractivity contribution in [2.45, 2.75) is 20.3 Å². The highest BCUT2D eigenvalue weighted by molar-refractivity contribution is 9.10. The molecule has 0 saturated carbocycles. The standard InChI is InChI=1S/C15H21BrN2O/c1-10-5-6-18(9-13(10)8-17)15(19)12-4-3-11(2)14(16)7-12/h3-4,7,10,13H,5-6,8-9,17H2,1-2H3. The molecule has 1 fully saturated rings. The van der Waals surface area contributed by atoms with Crippen molar-refractivity contribution >= 4 is 21.8 Å². The molecule has 1 aromatic carbocycles. The smallest absolute Gasteiger partial charge is 0.253 e. The van der Waals surface area contributed by atoms with Crippen LogP contribution in [0.25, 0.3) is 0 Å². The van der Waals surface area contributed by atoms with Gasteiger partial charge in [0.25, 0.3) is 5.91 Å². The summed E-state index contributed by atoms with van der Waals surface area (Å²) in [5.74, 6) is 1.15. The highest BCUT2D eigenvalue weighted by atomic mass is 79.9. The highest BCUT2D eigenvalue weighted by Crippen LogP contribution is 2.25. The number of hydrogen-bond donors (Lipinski definition) is 1. The number of rotatable bonds is 2. The van der Waals surface area contributed by atoms with Gasteiger partial charge >= 0.3 is 0 Å². The number of likely N-dealkylation sites (tertiary alicyclic amines) is 1. The van der Waals surface area contributed by atoms with E-state index in [4.69, 9.17) is 5.73 Å². The number of aryl methyl sites for hydroxylation is 1. The molecule has 0 radical (unpaired) electrons. The van der Waals surface area contributed by atoms with Crippen LogP contribution < -0.4 is 5.73 Å². The zero-order valence-electron chi connectivity index (χ0n) is 11.5. The summed E-state index contributed by atoms with van der Waals surface area (Å²) in [6.07, 6.45) is 1.04. The van der Waals surface area contributed by atoms with Gasteiger partial charge in [-0.2, -0.15) is 0 Å². The number of amides is 1. The maximum absolute atomic E-state index is 12.5. The van der Waals surface area contributed by atoms with E-state index in [0.29, 0.717) is 18.4 Å². The van der Waals surface area contributed by atoms with Crippen molar-refractivity contribution in [1.29, 1.82) is 0 Å². The van der Waals surface area contributed by atoms with E-state index in [1.165, 1.54) is 0 Å². The summed E-state index contributed by atoms with van der Waals surface area (Å²) in [7, 11) is 0. The van der Waals surface area contributed by atoms with E-state index in [0.717, 1.165) is 35.1 Å². The zero-order chi connectivity index (χ0) is 14.0. The number of benzene rings is 1. The first-order valence-corrected chi connectivity index (χ1v) is 7.57. The lowest BCUT2D eigenvalue weighted by atomic mass is 9.87. The van der Waals surface area contributed by atoms with Crippen LogP contribution in [0, 0.1) is 18.8 Å². The Bertz CT molecular complexity index is 475. The number of nitrogens with two attached hydrogens (primary N) is 1. The number of nitrogens with zero attached hydrogens (tertiary/aromatic N) is 1. The maximum atomic E-state index is 12.5. The molecule has 2 rings (SSSR count). The van der Waals surface area contributed by atoms with Gasteiger partial charge in [0.2, 0.25) is 0 Å². The first-order chi connectivity index (χ1) is 9.02. The Hall–Kier alpha value is -0.870. The molecule has 0 aliphatic carbocycles. The molecule has 1 heterocycles. The van der Waals surface area contributed by atoms with Gasteiger partial charge in [0, 0.05) is 23.1 Å². The van der Waals surface area contributed by atoms with E-state index < -0.39 is 0 Å². The number of hydrogen-bond acceptors (Lipinski definition) is 2. The van der Waals surface area contributed by atoms with Gasteiger partial charge in [-0.3, -0.25) is 4.79 Å².